The molecular formula is C25H31NO5. The molecular weight excluding hydrogens is 394 g/mol. The molecule has 0 aromatic heterocycles. The molecule has 0 bridgehead atoms. The van der Waals surface area contributed by atoms with E-state index >= 15 is 0 Å². The molecule has 0 amide bonds. The van der Waals surface area contributed by atoms with Crippen molar-refractivity contribution in [2.75, 3.05) is 14.2 Å². The van der Waals surface area contributed by atoms with Crippen LogP contribution in [0, 0.1) is 5.92 Å². The Kier molecular flexibility index (Phi) is 6.44. The van der Waals surface area contributed by atoms with Crippen molar-refractivity contribution in [2.24, 2.45) is 10.9 Å². The van der Waals surface area contributed by atoms with Gasteiger partial charge in [-0.05, 0) is 51.5 Å². The first kappa shape index (κ1) is 21.6. The number of hydrogen-bond donors (Lipinski definition) is 0. The van der Waals surface area contributed by atoms with Gasteiger partial charge in [-0.25, -0.2) is 0 Å². The summed E-state index contributed by atoms with van der Waals surface area (Å²) in [7, 11) is 3.19. The first-order valence-corrected chi connectivity index (χ1v) is 11.3. The molecule has 31 heavy (non-hydrogen) atoms. The predicted molar refractivity (Wildman–Crippen MR) is 118 cm³/mol. The van der Waals surface area contributed by atoms with Crippen LogP contribution in [0.3, 0.4) is 0 Å². The lowest BCUT2D eigenvalue weighted by Crippen LogP contribution is -2.39. The van der Waals surface area contributed by atoms with Gasteiger partial charge in [0.2, 0.25) is 0 Å². The summed E-state index contributed by atoms with van der Waals surface area (Å²) < 4.78 is 17.0. The van der Waals surface area contributed by atoms with Gasteiger partial charge in [0, 0.05) is 41.0 Å². The van der Waals surface area contributed by atoms with Crippen LogP contribution in [0.25, 0.3) is 0 Å². The quantitative estimate of drug-likeness (QED) is 0.636. The van der Waals surface area contributed by atoms with Gasteiger partial charge in [-0.15, -0.1) is 0 Å². The molecule has 2 aliphatic carbocycles. The van der Waals surface area contributed by atoms with Crippen molar-refractivity contribution in [1.82, 2.24) is 0 Å². The fourth-order valence-electron chi connectivity index (χ4n) is 5.14. The lowest BCUT2D eigenvalue weighted by atomic mass is 9.71. The van der Waals surface area contributed by atoms with Crippen LogP contribution in [0.4, 0.5) is 0 Å². The van der Waals surface area contributed by atoms with Crippen LogP contribution in [0.2, 0.25) is 0 Å². The van der Waals surface area contributed by atoms with Crippen LogP contribution in [-0.4, -0.2) is 37.8 Å². The summed E-state index contributed by atoms with van der Waals surface area (Å²) in [5, 5.41) is 0. The van der Waals surface area contributed by atoms with Crippen molar-refractivity contribution in [3.63, 3.8) is 0 Å². The second kappa shape index (κ2) is 9.25. The summed E-state index contributed by atoms with van der Waals surface area (Å²) in [6, 6.07) is 5.54. The molecule has 1 aromatic carbocycles. The summed E-state index contributed by atoms with van der Waals surface area (Å²) in [5.41, 5.74) is 2.95. The molecule has 1 aromatic rings. The van der Waals surface area contributed by atoms with Crippen molar-refractivity contribution in [1.29, 1.82) is 0 Å². The Morgan fingerprint density at radius 3 is 2.52 bits per heavy atom. The Morgan fingerprint density at radius 1 is 1.03 bits per heavy atom. The van der Waals surface area contributed by atoms with Crippen molar-refractivity contribution in [3.05, 3.63) is 35.0 Å². The van der Waals surface area contributed by atoms with Gasteiger partial charge < -0.3 is 14.2 Å². The number of Topliss-reactive ketones (excluding diaryl/α,β-unsaturated/α-hetero) is 1. The van der Waals surface area contributed by atoms with Gasteiger partial charge in [-0.3, -0.25) is 14.6 Å². The van der Waals surface area contributed by atoms with Crippen LogP contribution < -0.4 is 9.47 Å². The molecule has 2 atom stereocenters. The summed E-state index contributed by atoms with van der Waals surface area (Å²) in [6.45, 7) is 1.87. The Bertz CT molecular complexity index is 926. The number of ketones is 1. The Labute approximate surface area is 183 Å². The smallest absolute Gasteiger partial charge is 0.315 e. The van der Waals surface area contributed by atoms with Gasteiger partial charge in [0.15, 0.2) is 5.78 Å². The predicted octanol–water partition coefficient (Wildman–Crippen LogP) is 4.76. The summed E-state index contributed by atoms with van der Waals surface area (Å²) >= 11 is 0. The van der Waals surface area contributed by atoms with E-state index in [4.69, 9.17) is 19.2 Å². The number of esters is 1. The molecule has 6 heteroatoms. The molecule has 1 aliphatic heterocycles. The van der Waals surface area contributed by atoms with E-state index < -0.39 is 11.8 Å². The number of rotatable bonds is 5. The lowest BCUT2D eigenvalue weighted by molar-refractivity contribution is -0.153. The average molecular weight is 426 g/mol. The number of benzene rings is 1. The zero-order valence-corrected chi connectivity index (χ0v) is 18.6. The number of hydrogen-bond acceptors (Lipinski definition) is 6. The molecule has 4 rings (SSSR count). The fourth-order valence-corrected chi connectivity index (χ4v) is 5.14. The van der Waals surface area contributed by atoms with Gasteiger partial charge in [0.05, 0.1) is 14.2 Å². The van der Waals surface area contributed by atoms with Gasteiger partial charge in [-0.2, -0.15) is 0 Å². The number of carbonyl (C=O) groups excluding carboxylic acids is 2. The zero-order chi connectivity index (χ0) is 22.0. The lowest BCUT2D eigenvalue weighted by Gasteiger charge is -2.36. The third kappa shape index (κ3) is 4.25. The van der Waals surface area contributed by atoms with E-state index in [1.807, 2.05) is 19.1 Å². The molecule has 3 aliphatic rings. The van der Waals surface area contributed by atoms with Crippen molar-refractivity contribution >= 4 is 17.5 Å². The highest BCUT2D eigenvalue weighted by Crippen LogP contribution is 2.47. The molecule has 1 fully saturated rings. The minimum Gasteiger partial charge on any atom is -0.497 e. The maximum absolute atomic E-state index is 13.5. The molecule has 0 N–H and O–H groups in total. The van der Waals surface area contributed by atoms with Crippen LogP contribution in [-0.2, 0) is 14.3 Å². The molecule has 6 nitrogen and oxygen atoms in total. The SMILES string of the molecule is COc1ccc([C@H]2C3=C(CCCC3=O)N=C(C)C2C(=O)OC2CCCCC2)c(OC)c1. The molecule has 1 heterocycles. The number of methoxy groups -OCH3 is 2. The Morgan fingerprint density at radius 2 is 1.81 bits per heavy atom. The van der Waals surface area contributed by atoms with E-state index in [1.54, 1.807) is 20.3 Å². The minimum atomic E-state index is -0.634. The molecule has 0 radical (unpaired) electrons. The van der Waals surface area contributed by atoms with Crippen LogP contribution in [0.5, 0.6) is 11.5 Å². The Hall–Kier alpha value is -2.63. The topological polar surface area (TPSA) is 74.2 Å². The summed E-state index contributed by atoms with van der Waals surface area (Å²) in [4.78, 5) is 31.2. The molecule has 1 unspecified atom stereocenters. The first-order valence-electron chi connectivity index (χ1n) is 11.3. The number of nitrogens with zero attached hydrogens (tertiary/aromatic N) is 1. The maximum atomic E-state index is 13.5. The number of ether oxygens (including phenoxy) is 3. The zero-order valence-electron chi connectivity index (χ0n) is 18.6. The highest BCUT2D eigenvalue weighted by Gasteiger charge is 2.44. The van der Waals surface area contributed by atoms with Crippen LogP contribution in [0.15, 0.2) is 34.5 Å². The third-order valence-electron chi connectivity index (χ3n) is 6.70. The van der Waals surface area contributed by atoms with Crippen LogP contribution in [0.1, 0.15) is 69.8 Å². The number of aliphatic imine (C=N–C) groups is 1. The Balaban J connectivity index is 1.77. The monoisotopic (exact) mass is 425 g/mol. The van der Waals surface area contributed by atoms with Crippen molar-refractivity contribution < 1.29 is 23.8 Å². The normalized spacial score (nSPS) is 24.4. The average Bonchev–Trinajstić information content (AvgIpc) is 2.78. The van der Waals surface area contributed by atoms with Gasteiger partial charge in [0.1, 0.15) is 23.5 Å². The van der Waals surface area contributed by atoms with Gasteiger partial charge in [0.25, 0.3) is 0 Å². The largest absolute Gasteiger partial charge is 0.497 e. The highest BCUT2D eigenvalue weighted by molar-refractivity contribution is 6.09. The maximum Gasteiger partial charge on any atom is 0.315 e. The van der Waals surface area contributed by atoms with E-state index in [0.717, 1.165) is 49.8 Å². The molecule has 0 saturated heterocycles. The molecule has 166 valence electrons. The van der Waals surface area contributed by atoms with E-state index in [2.05, 4.69) is 0 Å². The standard InChI is InChI=1S/C25H31NO5/c1-15-22(25(28)31-16-8-5-4-6-9-16)23(24-19(26-15)10-7-11-20(24)27)18-13-12-17(29-2)14-21(18)30-3/h12-14,16,22-23H,4-11H2,1-3H3/t22?,23-/m1/s1. The second-order valence-corrected chi connectivity index (χ2v) is 8.65. The highest BCUT2D eigenvalue weighted by atomic mass is 16.5. The fraction of sp³-hybridized carbons (Fsp3) is 0.560. The van der Waals surface area contributed by atoms with E-state index in [-0.39, 0.29) is 17.9 Å². The second-order valence-electron chi connectivity index (χ2n) is 8.65. The number of allylic oxidation sites excluding steroid dienone is 2. The third-order valence-corrected chi connectivity index (χ3v) is 6.70. The van der Waals surface area contributed by atoms with Gasteiger partial charge in [-0.1, -0.05) is 12.5 Å². The van der Waals surface area contributed by atoms with Crippen molar-refractivity contribution in [3.8, 4) is 11.5 Å². The molecule has 0 spiro atoms. The van der Waals surface area contributed by atoms with E-state index in [1.165, 1.54) is 6.42 Å². The van der Waals surface area contributed by atoms with Crippen LogP contribution >= 0.6 is 0 Å². The van der Waals surface area contributed by atoms with Gasteiger partial charge >= 0.3 is 5.97 Å². The first-order chi connectivity index (χ1) is 15.0. The minimum absolute atomic E-state index is 0.0510. The number of carbonyl (C=O) groups is 2. The van der Waals surface area contributed by atoms with E-state index in [9.17, 15) is 9.59 Å². The molecule has 1 saturated carbocycles. The summed E-state index contributed by atoms with van der Waals surface area (Å²) in [5.74, 6) is -0.0638. The van der Waals surface area contributed by atoms with E-state index in [0.29, 0.717) is 29.2 Å². The summed E-state index contributed by atoms with van der Waals surface area (Å²) in [6.07, 6.45) is 7.12. The van der Waals surface area contributed by atoms with Crippen molar-refractivity contribution in [2.45, 2.75) is 70.3 Å².